The van der Waals surface area contributed by atoms with Crippen molar-refractivity contribution in [3.63, 3.8) is 0 Å². The Labute approximate surface area is 187 Å². The van der Waals surface area contributed by atoms with Gasteiger partial charge >= 0.3 is 0 Å². The van der Waals surface area contributed by atoms with Crippen molar-refractivity contribution in [3.8, 4) is 0 Å². The smallest absolute Gasteiger partial charge is 0.251 e. The van der Waals surface area contributed by atoms with Crippen LogP contribution in [0.5, 0.6) is 0 Å². The third-order valence-electron chi connectivity index (χ3n) is 7.69. The molecule has 0 aromatic heterocycles. The van der Waals surface area contributed by atoms with E-state index in [1.54, 1.807) is 6.92 Å². The van der Waals surface area contributed by atoms with E-state index in [0.29, 0.717) is 11.5 Å². The predicted octanol–water partition coefficient (Wildman–Crippen LogP) is 4.71. The van der Waals surface area contributed by atoms with E-state index in [9.17, 15) is 14.4 Å². The van der Waals surface area contributed by atoms with Gasteiger partial charge in [0.2, 0.25) is 5.91 Å². The average molecular weight is 427 g/mol. The summed E-state index contributed by atoms with van der Waals surface area (Å²) in [6.07, 6.45) is 9.54. The van der Waals surface area contributed by atoms with E-state index in [1.807, 2.05) is 23.1 Å². The van der Waals surface area contributed by atoms with Crippen molar-refractivity contribution >= 4 is 17.6 Å². The van der Waals surface area contributed by atoms with E-state index in [0.717, 1.165) is 70.0 Å². The summed E-state index contributed by atoms with van der Waals surface area (Å²) in [6.45, 7) is 5.23. The molecular formula is C26H38N2O3. The first-order valence-corrected chi connectivity index (χ1v) is 12.1. The molecule has 5 nitrogen and oxygen atoms in total. The number of carbonyl (C=O) groups is 3. The van der Waals surface area contributed by atoms with E-state index in [4.69, 9.17) is 0 Å². The summed E-state index contributed by atoms with van der Waals surface area (Å²) < 4.78 is 0. The molecular weight excluding hydrogens is 388 g/mol. The van der Waals surface area contributed by atoms with E-state index in [2.05, 4.69) is 18.3 Å². The van der Waals surface area contributed by atoms with Crippen molar-refractivity contribution in [1.29, 1.82) is 0 Å². The van der Waals surface area contributed by atoms with Gasteiger partial charge in [-0.15, -0.1) is 0 Å². The van der Waals surface area contributed by atoms with Crippen LogP contribution in [0.15, 0.2) is 24.3 Å². The maximum Gasteiger partial charge on any atom is 0.251 e. The summed E-state index contributed by atoms with van der Waals surface area (Å²) in [5.74, 6) is 0.686. The monoisotopic (exact) mass is 426 g/mol. The lowest BCUT2D eigenvalue weighted by Gasteiger charge is -2.35. The maximum absolute atomic E-state index is 13.0. The van der Waals surface area contributed by atoms with Crippen LogP contribution in [0.2, 0.25) is 0 Å². The van der Waals surface area contributed by atoms with Crippen molar-refractivity contribution in [3.05, 3.63) is 35.4 Å². The lowest BCUT2D eigenvalue weighted by Crippen LogP contribution is -2.45. The van der Waals surface area contributed by atoms with Crippen molar-refractivity contribution in [2.75, 3.05) is 13.1 Å². The fourth-order valence-corrected chi connectivity index (χ4v) is 5.39. The summed E-state index contributed by atoms with van der Waals surface area (Å²) in [4.78, 5) is 40.1. The van der Waals surface area contributed by atoms with Gasteiger partial charge in [0.15, 0.2) is 5.78 Å². The highest BCUT2D eigenvalue weighted by Gasteiger charge is 2.47. The van der Waals surface area contributed by atoms with Crippen molar-refractivity contribution < 1.29 is 15.8 Å². The quantitative estimate of drug-likeness (QED) is 0.717. The van der Waals surface area contributed by atoms with Gasteiger partial charge in [-0.1, -0.05) is 38.3 Å². The lowest BCUT2D eigenvalue weighted by molar-refractivity contribution is -0.137. The van der Waals surface area contributed by atoms with Gasteiger partial charge in [0.1, 0.15) is 0 Å². The molecule has 2 saturated carbocycles. The summed E-state index contributed by atoms with van der Waals surface area (Å²) in [5.41, 5.74) is 1.59. The summed E-state index contributed by atoms with van der Waals surface area (Å²) in [6, 6.07) is 7.39. The number of ketones is 1. The van der Waals surface area contributed by atoms with Crippen molar-refractivity contribution in [2.24, 2.45) is 11.3 Å². The Morgan fingerprint density at radius 3 is 2.52 bits per heavy atom. The van der Waals surface area contributed by atoms with Gasteiger partial charge in [-0.2, -0.15) is 0 Å². The van der Waals surface area contributed by atoms with Crippen molar-refractivity contribution in [1.82, 2.24) is 10.2 Å². The normalized spacial score (nSPS) is 24.3. The molecule has 1 N–H and O–H groups in total. The SMILES string of the molecule is CC(=O)[C@H](NC(=O)c1cccc(C2CCCN(C(=O)C3(C)CC3)C2)c1)C1CCCCC1.[HH]. The highest BCUT2D eigenvalue weighted by molar-refractivity contribution is 5.97. The number of rotatable bonds is 6. The molecule has 0 radical (unpaired) electrons. The largest absolute Gasteiger partial charge is 0.342 e. The summed E-state index contributed by atoms with van der Waals surface area (Å²) in [5, 5.41) is 3.03. The number of hydrogen-bond acceptors (Lipinski definition) is 3. The zero-order chi connectivity index (χ0) is 22.0. The molecule has 3 aliphatic rings. The van der Waals surface area contributed by atoms with E-state index in [-0.39, 0.29) is 30.4 Å². The van der Waals surface area contributed by atoms with Gasteiger partial charge in [-0.3, -0.25) is 14.4 Å². The molecule has 2 amide bonds. The molecule has 1 aromatic rings. The molecule has 0 spiro atoms. The van der Waals surface area contributed by atoms with Gasteiger partial charge < -0.3 is 10.2 Å². The van der Waals surface area contributed by atoms with Crippen molar-refractivity contribution in [2.45, 2.75) is 83.6 Å². The second-order valence-corrected chi connectivity index (χ2v) is 10.2. The number of carbonyl (C=O) groups excluding carboxylic acids is 3. The number of piperidine rings is 1. The van der Waals surface area contributed by atoms with E-state index in [1.165, 1.54) is 6.42 Å². The number of likely N-dealkylation sites (tertiary alicyclic amines) is 1. The van der Waals surface area contributed by atoms with Crippen LogP contribution in [0.25, 0.3) is 0 Å². The Bertz CT molecular complexity index is 845. The zero-order valence-electron chi connectivity index (χ0n) is 19.0. The fraction of sp³-hybridized carbons (Fsp3) is 0.654. The summed E-state index contributed by atoms with van der Waals surface area (Å²) in [7, 11) is 0. The molecule has 1 unspecified atom stereocenters. The second kappa shape index (κ2) is 9.13. The van der Waals surface area contributed by atoms with Gasteiger partial charge in [-0.25, -0.2) is 0 Å². The average Bonchev–Trinajstić information content (AvgIpc) is 3.55. The third kappa shape index (κ3) is 5.02. The molecule has 0 bridgehead atoms. The van der Waals surface area contributed by atoms with Crippen LogP contribution in [0.1, 0.15) is 94.9 Å². The van der Waals surface area contributed by atoms with Crippen LogP contribution < -0.4 is 5.32 Å². The molecule has 2 aliphatic carbocycles. The molecule has 170 valence electrons. The molecule has 1 heterocycles. The predicted molar refractivity (Wildman–Crippen MR) is 123 cm³/mol. The number of benzene rings is 1. The molecule has 4 rings (SSSR count). The van der Waals surface area contributed by atoms with Crippen LogP contribution in [0.3, 0.4) is 0 Å². The number of Topliss-reactive ketones (excluding diaryl/α,β-unsaturated/α-hetero) is 1. The minimum Gasteiger partial charge on any atom is -0.342 e. The number of nitrogens with one attached hydrogen (secondary N) is 1. The maximum atomic E-state index is 13.0. The third-order valence-corrected chi connectivity index (χ3v) is 7.69. The topological polar surface area (TPSA) is 66.5 Å². The Hall–Kier alpha value is -2.17. The number of nitrogens with zero attached hydrogens (tertiary/aromatic N) is 1. The summed E-state index contributed by atoms with van der Waals surface area (Å²) >= 11 is 0. The van der Waals surface area contributed by atoms with Gasteiger partial charge in [0.25, 0.3) is 5.91 Å². The van der Waals surface area contributed by atoms with Crippen LogP contribution in [0.4, 0.5) is 0 Å². The molecule has 3 fully saturated rings. The Balaban J connectivity index is 0.00000289. The standard InChI is InChI=1S/C26H36N2O3.H2/c1-18(29)23(19-8-4-3-5-9-19)27-24(30)21-11-6-10-20(16-21)22-12-7-15-28(17-22)25(31)26(2)13-14-26;/h6,10-11,16,19,22-23H,3-5,7-9,12-15,17H2,1-2H3,(H,27,30);1H/t22?,23-;/m0./s1. The fourth-order valence-electron chi connectivity index (χ4n) is 5.39. The number of amides is 2. The minimum atomic E-state index is -0.390. The Morgan fingerprint density at radius 1 is 1.10 bits per heavy atom. The highest BCUT2D eigenvalue weighted by Crippen LogP contribution is 2.47. The first-order chi connectivity index (χ1) is 14.9. The molecule has 1 saturated heterocycles. The number of hydrogen-bond donors (Lipinski definition) is 1. The Kier molecular flexibility index (Phi) is 6.49. The van der Waals surface area contributed by atoms with E-state index < -0.39 is 6.04 Å². The van der Waals surface area contributed by atoms with Crippen LogP contribution in [-0.4, -0.2) is 41.6 Å². The van der Waals surface area contributed by atoms with Gasteiger partial charge in [0, 0.05) is 31.4 Å². The van der Waals surface area contributed by atoms with Crippen LogP contribution in [0, 0.1) is 11.3 Å². The molecule has 1 aromatic carbocycles. The molecule has 5 heteroatoms. The van der Waals surface area contributed by atoms with Crippen LogP contribution in [-0.2, 0) is 9.59 Å². The Morgan fingerprint density at radius 2 is 1.84 bits per heavy atom. The highest BCUT2D eigenvalue weighted by atomic mass is 16.2. The molecule has 1 aliphatic heterocycles. The van der Waals surface area contributed by atoms with Gasteiger partial charge in [-0.05, 0) is 69.1 Å². The first-order valence-electron chi connectivity index (χ1n) is 12.1. The van der Waals surface area contributed by atoms with Gasteiger partial charge in [0.05, 0.1) is 6.04 Å². The zero-order valence-corrected chi connectivity index (χ0v) is 19.0. The van der Waals surface area contributed by atoms with E-state index >= 15 is 0 Å². The molecule has 2 atom stereocenters. The second-order valence-electron chi connectivity index (χ2n) is 10.2. The minimum absolute atomic E-state index is 0. The molecule has 31 heavy (non-hydrogen) atoms. The van der Waals surface area contributed by atoms with Crippen LogP contribution >= 0.6 is 0 Å². The first kappa shape index (κ1) is 22.0. The lowest BCUT2D eigenvalue weighted by atomic mass is 9.82.